The Morgan fingerprint density at radius 2 is 2.14 bits per heavy atom. The molecule has 78 valence electrons. The predicted octanol–water partition coefficient (Wildman–Crippen LogP) is 1.90. The first-order valence-corrected chi connectivity index (χ1v) is 6.35. The van der Waals surface area contributed by atoms with Crippen LogP contribution in [0.2, 0.25) is 0 Å². The molecule has 0 fully saturated rings. The van der Waals surface area contributed by atoms with Crippen molar-refractivity contribution in [2.45, 2.75) is 25.3 Å². The fraction of sp³-hybridized carbons (Fsp3) is 0.500. The van der Waals surface area contributed by atoms with Gasteiger partial charge < -0.3 is 0 Å². The van der Waals surface area contributed by atoms with Crippen LogP contribution in [0.5, 0.6) is 0 Å². The molecule has 0 N–H and O–H groups in total. The minimum Gasteiger partial charge on any atom is -0.245 e. The van der Waals surface area contributed by atoms with Crippen molar-refractivity contribution in [3.05, 3.63) is 24.4 Å². The second kappa shape index (κ2) is 4.55. The van der Waals surface area contributed by atoms with Gasteiger partial charge >= 0.3 is 0 Å². The third-order valence-corrected chi connectivity index (χ3v) is 4.04. The first kappa shape index (κ1) is 11.2. The number of sulfone groups is 1. The summed E-state index contributed by atoms with van der Waals surface area (Å²) in [5, 5.41) is 0.181. The normalized spacial score (nSPS) is 13.9. The molecular weight excluding hydrogens is 198 g/mol. The summed E-state index contributed by atoms with van der Waals surface area (Å²) >= 11 is 0. The number of pyridine rings is 1. The van der Waals surface area contributed by atoms with Crippen LogP contribution in [0.3, 0.4) is 0 Å². The van der Waals surface area contributed by atoms with Crippen molar-refractivity contribution in [3.8, 4) is 0 Å². The standard InChI is InChI=1S/C10H15NO2S/c1-3-9(2)8-14(12,13)10-6-4-5-7-11-10/h4-7,9H,3,8H2,1-2H3/t9-/m0/s1. The highest BCUT2D eigenvalue weighted by atomic mass is 32.2. The van der Waals surface area contributed by atoms with Crippen LogP contribution in [-0.4, -0.2) is 19.2 Å². The van der Waals surface area contributed by atoms with E-state index >= 15 is 0 Å². The zero-order chi connectivity index (χ0) is 10.6. The van der Waals surface area contributed by atoms with Gasteiger partial charge in [-0.2, -0.15) is 0 Å². The second-order valence-electron chi connectivity index (χ2n) is 3.46. The molecule has 1 aromatic rings. The monoisotopic (exact) mass is 213 g/mol. The summed E-state index contributed by atoms with van der Waals surface area (Å²) < 4.78 is 23.5. The average molecular weight is 213 g/mol. The third kappa shape index (κ3) is 2.80. The lowest BCUT2D eigenvalue weighted by atomic mass is 10.2. The first-order chi connectivity index (χ1) is 6.56. The molecule has 1 aromatic heterocycles. The van der Waals surface area contributed by atoms with E-state index in [1.165, 1.54) is 12.3 Å². The average Bonchev–Trinajstić information content (AvgIpc) is 2.18. The lowest BCUT2D eigenvalue weighted by Gasteiger charge is -2.08. The lowest BCUT2D eigenvalue weighted by molar-refractivity contribution is 0.561. The van der Waals surface area contributed by atoms with Crippen LogP contribution in [-0.2, 0) is 9.84 Å². The summed E-state index contributed by atoms with van der Waals surface area (Å²) in [6.07, 6.45) is 2.37. The summed E-state index contributed by atoms with van der Waals surface area (Å²) in [5.74, 6) is 0.363. The Kier molecular flexibility index (Phi) is 3.63. The summed E-state index contributed by atoms with van der Waals surface area (Å²) in [7, 11) is -3.18. The molecule has 0 aromatic carbocycles. The Balaban J connectivity index is 2.87. The highest BCUT2D eigenvalue weighted by molar-refractivity contribution is 7.91. The van der Waals surface area contributed by atoms with E-state index < -0.39 is 9.84 Å². The van der Waals surface area contributed by atoms with E-state index in [9.17, 15) is 8.42 Å². The maximum atomic E-state index is 11.7. The minimum absolute atomic E-state index is 0.181. The molecule has 0 amide bonds. The van der Waals surface area contributed by atoms with Gasteiger partial charge in [-0.3, -0.25) is 0 Å². The maximum Gasteiger partial charge on any atom is 0.195 e. The summed E-state index contributed by atoms with van der Waals surface area (Å²) in [4.78, 5) is 3.85. The predicted molar refractivity (Wildman–Crippen MR) is 55.7 cm³/mol. The quantitative estimate of drug-likeness (QED) is 0.767. The molecule has 1 atom stereocenters. The fourth-order valence-corrected chi connectivity index (χ4v) is 2.77. The van der Waals surface area contributed by atoms with Crippen LogP contribution < -0.4 is 0 Å². The van der Waals surface area contributed by atoms with E-state index in [0.29, 0.717) is 0 Å². The van der Waals surface area contributed by atoms with E-state index in [0.717, 1.165) is 6.42 Å². The van der Waals surface area contributed by atoms with Gasteiger partial charge in [0, 0.05) is 6.20 Å². The minimum atomic E-state index is -3.18. The molecule has 3 nitrogen and oxygen atoms in total. The van der Waals surface area contributed by atoms with E-state index in [-0.39, 0.29) is 16.7 Å². The Hall–Kier alpha value is -0.900. The molecule has 0 aliphatic carbocycles. The van der Waals surface area contributed by atoms with E-state index in [1.807, 2.05) is 13.8 Å². The van der Waals surface area contributed by atoms with Crippen LogP contribution in [0.1, 0.15) is 20.3 Å². The van der Waals surface area contributed by atoms with Crippen molar-refractivity contribution in [2.24, 2.45) is 5.92 Å². The third-order valence-electron chi connectivity index (χ3n) is 2.16. The van der Waals surface area contributed by atoms with Gasteiger partial charge in [0.1, 0.15) is 0 Å². The number of rotatable bonds is 4. The Bertz CT molecular complexity index is 372. The topological polar surface area (TPSA) is 47.0 Å². The maximum absolute atomic E-state index is 11.7. The molecule has 1 heterocycles. The molecule has 14 heavy (non-hydrogen) atoms. The smallest absolute Gasteiger partial charge is 0.195 e. The van der Waals surface area contributed by atoms with Crippen molar-refractivity contribution < 1.29 is 8.42 Å². The van der Waals surface area contributed by atoms with E-state index in [4.69, 9.17) is 0 Å². The molecule has 1 rings (SSSR count). The summed E-state index contributed by atoms with van der Waals surface area (Å²) in [6.45, 7) is 3.92. The largest absolute Gasteiger partial charge is 0.245 e. The Labute approximate surface area is 85.1 Å². The Morgan fingerprint density at radius 1 is 1.43 bits per heavy atom. The summed E-state index contributed by atoms with van der Waals surface area (Å²) in [5.41, 5.74) is 0. The molecule has 0 unspecified atom stereocenters. The van der Waals surface area contributed by atoms with Gasteiger partial charge in [-0.1, -0.05) is 26.3 Å². The molecular formula is C10H15NO2S. The molecule has 0 aliphatic heterocycles. The van der Waals surface area contributed by atoms with Crippen molar-refractivity contribution in [3.63, 3.8) is 0 Å². The number of aromatic nitrogens is 1. The molecule has 4 heteroatoms. The van der Waals surface area contributed by atoms with Gasteiger partial charge in [0.05, 0.1) is 5.75 Å². The fourth-order valence-electron chi connectivity index (χ4n) is 1.11. The number of hydrogen-bond donors (Lipinski definition) is 0. The first-order valence-electron chi connectivity index (χ1n) is 4.70. The van der Waals surface area contributed by atoms with Crippen LogP contribution in [0, 0.1) is 5.92 Å². The SMILES string of the molecule is CC[C@H](C)CS(=O)(=O)c1ccccn1. The Morgan fingerprint density at radius 3 is 2.64 bits per heavy atom. The zero-order valence-corrected chi connectivity index (χ0v) is 9.29. The van der Waals surface area contributed by atoms with Gasteiger partial charge in [-0.05, 0) is 18.1 Å². The van der Waals surface area contributed by atoms with Gasteiger partial charge in [0.25, 0.3) is 0 Å². The number of nitrogens with zero attached hydrogens (tertiary/aromatic N) is 1. The van der Waals surface area contributed by atoms with Crippen molar-refractivity contribution in [2.75, 3.05) is 5.75 Å². The molecule has 0 spiro atoms. The van der Waals surface area contributed by atoms with Crippen LogP contribution >= 0.6 is 0 Å². The lowest BCUT2D eigenvalue weighted by Crippen LogP contribution is -2.14. The van der Waals surface area contributed by atoms with Crippen molar-refractivity contribution in [1.29, 1.82) is 0 Å². The molecule has 0 bridgehead atoms. The molecule has 0 aliphatic rings. The second-order valence-corrected chi connectivity index (χ2v) is 5.44. The van der Waals surface area contributed by atoms with Crippen molar-refractivity contribution in [1.82, 2.24) is 4.98 Å². The van der Waals surface area contributed by atoms with Gasteiger partial charge in [0.15, 0.2) is 14.9 Å². The highest BCUT2D eigenvalue weighted by Crippen LogP contribution is 2.12. The molecule has 0 saturated carbocycles. The van der Waals surface area contributed by atoms with Crippen LogP contribution in [0.15, 0.2) is 29.4 Å². The number of hydrogen-bond acceptors (Lipinski definition) is 3. The van der Waals surface area contributed by atoms with Crippen LogP contribution in [0.4, 0.5) is 0 Å². The van der Waals surface area contributed by atoms with E-state index in [2.05, 4.69) is 4.98 Å². The summed E-state index contributed by atoms with van der Waals surface area (Å²) in [6, 6.07) is 4.94. The van der Waals surface area contributed by atoms with Gasteiger partial charge in [-0.15, -0.1) is 0 Å². The molecule has 0 saturated heterocycles. The zero-order valence-electron chi connectivity index (χ0n) is 8.47. The highest BCUT2D eigenvalue weighted by Gasteiger charge is 2.18. The molecule has 0 radical (unpaired) electrons. The van der Waals surface area contributed by atoms with Gasteiger partial charge in [0.2, 0.25) is 0 Å². The van der Waals surface area contributed by atoms with E-state index in [1.54, 1.807) is 12.1 Å². The van der Waals surface area contributed by atoms with Crippen LogP contribution in [0.25, 0.3) is 0 Å². The van der Waals surface area contributed by atoms with Gasteiger partial charge in [-0.25, -0.2) is 13.4 Å². The van der Waals surface area contributed by atoms with Crippen molar-refractivity contribution >= 4 is 9.84 Å².